The Morgan fingerprint density at radius 3 is 2.67 bits per heavy atom. The molecule has 6 saturated carbocycles. The quantitative estimate of drug-likeness (QED) is 0.771. The molecule has 0 aromatic heterocycles. The minimum atomic E-state index is 0. The molecule has 0 aromatic carbocycles. The molecule has 9 atom stereocenters. The third kappa shape index (κ3) is 0.945. The zero-order valence-corrected chi connectivity index (χ0v) is 12.4. The van der Waals surface area contributed by atoms with E-state index in [4.69, 9.17) is 0 Å². The van der Waals surface area contributed by atoms with Gasteiger partial charge in [-0.25, -0.2) is 0 Å². The van der Waals surface area contributed by atoms with Crippen LogP contribution < -0.4 is 5.32 Å². The Labute approximate surface area is 117 Å². The normalized spacial score (nSPS) is 64.3. The Kier molecular flexibility index (Phi) is 2.32. The van der Waals surface area contributed by atoms with E-state index in [9.17, 15) is 0 Å². The maximum absolute atomic E-state index is 4.00. The summed E-state index contributed by atoms with van der Waals surface area (Å²) in [7, 11) is 0. The van der Waals surface area contributed by atoms with Gasteiger partial charge in [0.05, 0.1) is 0 Å². The standard InChI is InChI=1S/C16H25N.ClH/c1-3-4-5-17-15-13-10-6-8-9-7-11(12(8)13)16(15,2)14(9)10;/h8-15,17H,3-7H2,1-2H3;1H/t8?,9?,10?,11?,12?,13?,14?,15-,16?;/m0./s1. The first-order valence-electron chi connectivity index (χ1n) is 8.02. The van der Waals surface area contributed by atoms with Crippen LogP contribution >= 0.6 is 12.4 Å². The Morgan fingerprint density at radius 1 is 1.11 bits per heavy atom. The Morgan fingerprint density at radius 2 is 1.94 bits per heavy atom. The van der Waals surface area contributed by atoms with Gasteiger partial charge in [0.25, 0.3) is 0 Å². The molecule has 0 aromatic rings. The van der Waals surface area contributed by atoms with E-state index in [2.05, 4.69) is 19.2 Å². The highest BCUT2D eigenvalue weighted by molar-refractivity contribution is 5.85. The average Bonchev–Trinajstić information content (AvgIpc) is 2.97. The Bertz CT molecular complexity index is 383. The molecule has 2 heteroatoms. The van der Waals surface area contributed by atoms with Gasteiger partial charge in [0.1, 0.15) is 0 Å². The van der Waals surface area contributed by atoms with Gasteiger partial charge in [-0.2, -0.15) is 0 Å². The lowest BCUT2D eigenvalue weighted by Gasteiger charge is -2.40. The van der Waals surface area contributed by atoms with Crippen molar-refractivity contribution in [1.82, 2.24) is 5.32 Å². The van der Waals surface area contributed by atoms with Crippen LogP contribution in [0.15, 0.2) is 0 Å². The fourth-order valence-electron chi connectivity index (χ4n) is 7.92. The van der Waals surface area contributed by atoms with Gasteiger partial charge in [-0.15, -0.1) is 12.4 Å². The summed E-state index contributed by atoms with van der Waals surface area (Å²) in [4.78, 5) is 0. The summed E-state index contributed by atoms with van der Waals surface area (Å²) in [5.41, 5.74) is 0.728. The molecule has 6 aliphatic rings. The highest BCUT2D eigenvalue weighted by Crippen LogP contribution is 2.86. The van der Waals surface area contributed by atoms with E-state index >= 15 is 0 Å². The smallest absolute Gasteiger partial charge is 0.0160 e. The van der Waals surface area contributed by atoms with Crippen molar-refractivity contribution < 1.29 is 0 Å². The number of unbranched alkanes of at least 4 members (excludes halogenated alkanes) is 1. The van der Waals surface area contributed by atoms with Gasteiger partial charge in [-0.05, 0) is 72.6 Å². The van der Waals surface area contributed by atoms with Crippen LogP contribution in [-0.2, 0) is 0 Å². The first-order chi connectivity index (χ1) is 8.28. The second kappa shape index (κ2) is 3.47. The molecule has 0 aliphatic heterocycles. The zero-order chi connectivity index (χ0) is 11.4. The molecule has 6 fully saturated rings. The van der Waals surface area contributed by atoms with Gasteiger partial charge >= 0.3 is 0 Å². The summed E-state index contributed by atoms with van der Waals surface area (Å²) in [6, 6.07) is 0.913. The maximum atomic E-state index is 4.00. The molecule has 1 N–H and O–H groups in total. The third-order valence-electron chi connectivity index (χ3n) is 7.91. The minimum Gasteiger partial charge on any atom is -0.313 e. The summed E-state index contributed by atoms with van der Waals surface area (Å²) >= 11 is 0. The number of rotatable bonds is 4. The molecule has 0 radical (unpaired) electrons. The molecule has 102 valence electrons. The van der Waals surface area contributed by atoms with Gasteiger partial charge in [0, 0.05) is 6.04 Å². The fourth-order valence-corrected chi connectivity index (χ4v) is 7.92. The Hall–Kier alpha value is 0.250. The van der Waals surface area contributed by atoms with Crippen LogP contribution in [0.2, 0.25) is 0 Å². The van der Waals surface area contributed by atoms with Crippen LogP contribution in [0.5, 0.6) is 0 Å². The zero-order valence-electron chi connectivity index (χ0n) is 11.6. The number of nitrogens with one attached hydrogen (secondary N) is 1. The third-order valence-corrected chi connectivity index (χ3v) is 7.91. The Balaban J connectivity index is 0.000000882. The van der Waals surface area contributed by atoms with Crippen LogP contribution in [0.3, 0.4) is 0 Å². The summed E-state index contributed by atoms with van der Waals surface area (Å²) in [5, 5.41) is 4.00. The summed E-state index contributed by atoms with van der Waals surface area (Å²) in [6.45, 7) is 6.26. The molecule has 0 saturated heterocycles. The van der Waals surface area contributed by atoms with Gasteiger partial charge in [-0.3, -0.25) is 0 Å². The van der Waals surface area contributed by atoms with Gasteiger partial charge in [0.15, 0.2) is 0 Å². The number of hydrogen-bond donors (Lipinski definition) is 1. The van der Waals surface area contributed by atoms with E-state index in [-0.39, 0.29) is 12.4 Å². The predicted molar refractivity (Wildman–Crippen MR) is 75.7 cm³/mol. The van der Waals surface area contributed by atoms with Crippen LogP contribution in [0, 0.1) is 46.8 Å². The number of halogens is 1. The molecular formula is C16H26ClN. The van der Waals surface area contributed by atoms with E-state index in [1.165, 1.54) is 37.1 Å². The largest absolute Gasteiger partial charge is 0.313 e. The van der Waals surface area contributed by atoms with Gasteiger partial charge < -0.3 is 5.32 Å². The lowest BCUT2D eigenvalue weighted by atomic mass is 9.64. The van der Waals surface area contributed by atoms with Crippen molar-refractivity contribution in [1.29, 1.82) is 0 Å². The average molecular weight is 268 g/mol. The number of hydrogen-bond acceptors (Lipinski definition) is 1. The second-order valence-corrected chi connectivity index (χ2v) is 7.90. The first-order valence-corrected chi connectivity index (χ1v) is 8.02. The van der Waals surface area contributed by atoms with E-state index in [1.807, 2.05) is 0 Å². The maximum Gasteiger partial charge on any atom is 0.0160 e. The molecule has 1 nitrogen and oxygen atoms in total. The van der Waals surface area contributed by atoms with Crippen molar-refractivity contribution in [2.45, 2.75) is 45.6 Å². The van der Waals surface area contributed by atoms with Crippen molar-refractivity contribution in [3.8, 4) is 0 Å². The van der Waals surface area contributed by atoms with E-state index in [0.29, 0.717) is 0 Å². The molecular weight excluding hydrogens is 242 g/mol. The predicted octanol–water partition coefficient (Wildman–Crippen LogP) is 3.33. The topological polar surface area (TPSA) is 12.0 Å². The monoisotopic (exact) mass is 267 g/mol. The SMILES string of the molecule is CCCCN[C@H]1C2C3CC4C5CC(C42)C1(C)C53.Cl. The molecule has 0 amide bonds. The molecule has 8 unspecified atom stereocenters. The minimum absolute atomic E-state index is 0. The fraction of sp³-hybridized carbons (Fsp3) is 1.00. The highest BCUT2D eigenvalue weighted by Gasteiger charge is 2.84. The van der Waals surface area contributed by atoms with Crippen LogP contribution in [0.4, 0.5) is 0 Å². The van der Waals surface area contributed by atoms with Crippen LogP contribution in [-0.4, -0.2) is 12.6 Å². The first kappa shape index (κ1) is 12.0. The van der Waals surface area contributed by atoms with E-state index < -0.39 is 0 Å². The van der Waals surface area contributed by atoms with E-state index in [1.54, 1.807) is 12.8 Å². The van der Waals surface area contributed by atoms with Crippen molar-refractivity contribution in [2.75, 3.05) is 6.54 Å². The molecule has 6 bridgehead atoms. The molecule has 0 heterocycles. The second-order valence-electron chi connectivity index (χ2n) is 7.90. The van der Waals surface area contributed by atoms with Crippen molar-refractivity contribution in [3.05, 3.63) is 0 Å². The van der Waals surface area contributed by atoms with Gasteiger partial charge in [-0.1, -0.05) is 20.3 Å². The van der Waals surface area contributed by atoms with Crippen molar-refractivity contribution in [3.63, 3.8) is 0 Å². The van der Waals surface area contributed by atoms with Gasteiger partial charge in [0.2, 0.25) is 0 Å². The van der Waals surface area contributed by atoms with Crippen LogP contribution in [0.25, 0.3) is 0 Å². The van der Waals surface area contributed by atoms with Crippen molar-refractivity contribution in [2.24, 2.45) is 46.8 Å². The summed E-state index contributed by atoms with van der Waals surface area (Å²) in [5.74, 6) is 8.06. The van der Waals surface area contributed by atoms with Crippen molar-refractivity contribution >= 4 is 12.4 Å². The molecule has 18 heavy (non-hydrogen) atoms. The molecule has 6 rings (SSSR count). The lowest BCUT2D eigenvalue weighted by Crippen LogP contribution is -2.43. The lowest BCUT2D eigenvalue weighted by molar-refractivity contribution is 0.0653. The molecule has 6 aliphatic carbocycles. The summed E-state index contributed by atoms with van der Waals surface area (Å²) < 4.78 is 0. The van der Waals surface area contributed by atoms with Crippen LogP contribution in [0.1, 0.15) is 39.5 Å². The molecule has 0 spiro atoms. The van der Waals surface area contributed by atoms with E-state index in [0.717, 1.165) is 35.1 Å². The summed E-state index contributed by atoms with van der Waals surface area (Å²) in [6.07, 6.45) is 5.96. The highest BCUT2D eigenvalue weighted by atomic mass is 35.5.